The van der Waals surface area contributed by atoms with Crippen LogP contribution in [0.3, 0.4) is 0 Å². The highest BCUT2D eigenvalue weighted by Crippen LogP contribution is 2.16. The Morgan fingerprint density at radius 3 is 3.00 bits per heavy atom. The van der Waals surface area contributed by atoms with Gasteiger partial charge in [0.25, 0.3) is 0 Å². The summed E-state index contributed by atoms with van der Waals surface area (Å²) in [7, 11) is 0. The van der Waals surface area contributed by atoms with Gasteiger partial charge in [-0.2, -0.15) is 0 Å². The SMILES string of the molecule is CCOC(=O)CC#Cc1cc(Cl)cnc1Cl. The quantitative estimate of drug-likeness (QED) is 0.465. The van der Waals surface area contributed by atoms with E-state index >= 15 is 0 Å². The van der Waals surface area contributed by atoms with Crippen molar-refractivity contribution in [3.05, 3.63) is 28.0 Å². The Bertz CT molecular complexity index is 449. The lowest BCUT2D eigenvalue weighted by molar-refractivity contribution is -0.141. The number of carbonyl (C=O) groups excluding carboxylic acids is 1. The molecule has 0 saturated heterocycles. The average Bonchev–Trinajstić information content (AvgIpc) is 2.23. The fraction of sp³-hybridized carbons (Fsp3) is 0.273. The zero-order valence-corrected chi connectivity index (χ0v) is 10.1. The molecule has 0 bridgehead atoms. The fourth-order valence-corrected chi connectivity index (χ4v) is 1.24. The van der Waals surface area contributed by atoms with Crippen molar-refractivity contribution in [2.45, 2.75) is 13.3 Å². The van der Waals surface area contributed by atoms with Crippen molar-refractivity contribution < 1.29 is 9.53 Å². The van der Waals surface area contributed by atoms with E-state index < -0.39 is 0 Å². The van der Waals surface area contributed by atoms with Gasteiger partial charge in [-0.05, 0) is 13.0 Å². The minimum Gasteiger partial charge on any atom is -0.465 e. The van der Waals surface area contributed by atoms with Crippen molar-refractivity contribution in [1.29, 1.82) is 0 Å². The maximum atomic E-state index is 11.0. The van der Waals surface area contributed by atoms with Crippen LogP contribution in [-0.4, -0.2) is 17.6 Å². The lowest BCUT2D eigenvalue weighted by Gasteiger charge is -1.96. The first-order valence-electron chi connectivity index (χ1n) is 4.59. The fourth-order valence-electron chi connectivity index (χ4n) is 0.934. The summed E-state index contributed by atoms with van der Waals surface area (Å²) in [5.41, 5.74) is 0.499. The number of aromatic nitrogens is 1. The molecule has 1 aromatic heterocycles. The summed E-state index contributed by atoms with van der Waals surface area (Å²) in [6.07, 6.45) is 1.46. The van der Waals surface area contributed by atoms with Crippen molar-refractivity contribution in [3.8, 4) is 11.8 Å². The van der Waals surface area contributed by atoms with Gasteiger partial charge in [0, 0.05) is 6.20 Å². The summed E-state index contributed by atoms with van der Waals surface area (Å²) in [5.74, 6) is 5.00. The number of hydrogen-bond donors (Lipinski definition) is 0. The number of esters is 1. The predicted molar refractivity (Wildman–Crippen MR) is 62.4 cm³/mol. The highest BCUT2D eigenvalue weighted by Gasteiger charge is 2.00. The van der Waals surface area contributed by atoms with E-state index in [4.69, 9.17) is 27.9 Å². The first-order valence-corrected chi connectivity index (χ1v) is 5.34. The molecule has 0 saturated carbocycles. The normalized spacial score (nSPS) is 9.19. The molecule has 1 heterocycles. The topological polar surface area (TPSA) is 39.2 Å². The molecule has 0 unspecified atom stereocenters. The summed E-state index contributed by atoms with van der Waals surface area (Å²) in [6.45, 7) is 2.09. The third kappa shape index (κ3) is 4.09. The zero-order chi connectivity index (χ0) is 12.0. The number of carbonyl (C=O) groups is 1. The Kier molecular flexibility index (Phi) is 5.10. The maximum absolute atomic E-state index is 11.0. The first kappa shape index (κ1) is 12.8. The zero-order valence-electron chi connectivity index (χ0n) is 8.59. The summed E-state index contributed by atoms with van der Waals surface area (Å²) >= 11 is 11.5. The summed E-state index contributed by atoms with van der Waals surface area (Å²) in [5, 5.41) is 0.714. The molecule has 0 aliphatic carbocycles. The number of pyridine rings is 1. The van der Waals surface area contributed by atoms with Crippen LogP contribution in [0.4, 0.5) is 0 Å². The van der Waals surface area contributed by atoms with Gasteiger partial charge in [0.1, 0.15) is 11.6 Å². The van der Waals surface area contributed by atoms with Crippen molar-refractivity contribution in [2.24, 2.45) is 0 Å². The van der Waals surface area contributed by atoms with Gasteiger partial charge in [-0.1, -0.05) is 35.0 Å². The van der Waals surface area contributed by atoms with Crippen LogP contribution in [0.2, 0.25) is 10.2 Å². The summed E-state index contributed by atoms with van der Waals surface area (Å²) in [4.78, 5) is 14.8. The van der Waals surface area contributed by atoms with E-state index in [1.807, 2.05) is 0 Å². The minimum atomic E-state index is -0.360. The van der Waals surface area contributed by atoms with E-state index in [9.17, 15) is 4.79 Å². The molecule has 0 aromatic carbocycles. The smallest absolute Gasteiger partial charge is 0.317 e. The Labute approximate surface area is 104 Å². The summed E-state index contributed by atoms with van der Waals surface area (Å²) < 4.78 is 4.72. The molecular formula is C11H9Cl2NO2. The molecule has 0 spiro atoms. The maximum Gasteiger partial charge on any atom is 0.317 e. The number of nitrogens with zero attached hydrogens (tertiary/aromatic N) is 1. The van der Waals surface area contributed by atoms with Crippen molar-refractivity contribution in [1.82, 2.24) is 4.98 Å². The standard InChI is InChI=1S/C11H9Cl2NO2/c1-2-16-10(15)5-3-4-8-6-9(12)7-14-11(8)13/h6-7H,2,5H2,1H3. The van der Waals surface area contributed by atoms with Crippen molar-refractivity contribution >= 4 is 29.2 Å². The first-order chi connectivity index (χ1) is 7.63. The largest absolute Gasteiger partial charge is 0.465 e. The monoisotopic (exact) mass is 257 g/mol. The van der Waals surface area contributed by atoms with Crippen LogP contribution in [0, 0.1) is 11.8 Å². The van der Waals surface area contributed by atoms with E-state index in [-0.39, 0.29) is 17.5 Å². The molecule has 3 nitrogen and oxygen atoms in total. The molecule has 0 aliphatic rings. The third-order valence-corrected chi connectivity index (χ3v) is 2.07. The van der Waals surface area contributed by atoms with Gasteiger partial charge in [-0.25, -0.2) is 4.98 Å². The van der Waals surface area contributed by atoms with Crippen LogP contribution in [0.5, 0.6) is 0 Å². The van der Waals surface area contributed by atoms with Crippen molar-refractivity contribution in [2.75, 3.05) is 6.61 Å². The Morgan fingerprint density at radius 1 is 1.56 bits per heavy atom. The number of rotatable bonds is 2. The molecule has 0 fully saturated rings. The van der Waals surface area contributed by atoms with E-state index in [0.29, 0.717) is 17.2 Å². The Morgan fingerprint density at radius 2 is 2.31 bits per heavy atom. The van der Waals surface area contributed by atoms with Crippen LogP contribution in [0.1, 0.15) is 18.9 Å². The summed E-state index contributed by atoms with van der Waals surface area (Å²) in [6, 6.07) is 1.59. The number of halogens is 2. The van der Waals surface area contributed by atoms with Gasteiger partial charge in [-0.3, -0.25) is 4.79 Å². The van der Waals surface area contributed by atoms with Gasteiger partial charge >= 0.3 is 5.97 Å². The van der Waals surface area contributed by atoms with E-state index in [1.54, 1.807) is 13.0 Å². The average molecular weight is 258 g/mol. The van der Waals surface area contributed by atoms with Gasteiger partial charge in [-0.15, -0.1) is 0 Å². The third-order valence-electron chi connectivity index (χ3n) is 1.57. The Hall–Kier alpha value is -1.24. The van der Waals surface area contributed by atoms with Crippen molar-refractivity contribution in [3.63, 3.8) is 0 Å². The van der Waals surface area contributed by atoms with Crippen LogP contribution < -0.4 is 0 Å². The highest BCUT2D eigenvalue weighted by atomic mass is 35.5. The molecule has 1 rings (SSSR count). The van der Waals surface area contributed by atoms with Crippen LogP contribution in [0.25, 0.3) is 0 Å². The molecule has 16 heavy (non-hydrogen) atoms. The second-order valence-electron chi connectivity index (χ2n) is 2.78. The van der Waals surface area contributed by atoms with Gasteiger partial charge < -0.3 is 4.74 Å². The molecule has 0 amide bonds. The predicted octanol–water partition coefficient (Wildman–Crippen LogP) is 2.69. The van der Waals surface area contributed by atoms with E-state index in [0.717, 1.165) is 0 Å². The van der Waals surface area contributed by atoms with Gasteiger partial charge in [0.2, 0.25) is 0 Å². The molecule has 84 valence electrons. The number of hydrogen-bond acceptors (Lipinski definition) is 3. The molecule has 0 N–H and O–H groups in total. The van der Waals surface area contributed by atoms with Crippen LogP contribution in [-0.2, 0) is 9.53 Å². The number of ether oxygens (including phenoxy) is 1. The Balaban J connectivity index is 2.69. The second-order valence-corrected chi connectivity index (χ2v) is 3.57. The highest BCUT2D eigenvalue weighted by molar-refractivity contribution is 6.32. The van der Waals surface area contributed by atoms with Gasteiger partial charge in [0.05, 0.1) is 17.2 Å². The minimum absolute atomic E-state index is 0.0245. The molecule has 1 aromatic rings. The molecule has 5 heteroatoms. The van der Waals surface area contributed by atoms with E-state index in [1.165, 1.54) is 6.20 Å². The van der Waals surface area contributed by atoms with Crippen LogP contribution >= 0.6 is 23.2 Å². The molecule has 0 radical (unpaired) electrons. The molecule has 0 aliphatic heterocycles. The van der Waals surface area contributed by atoms with Crippen LogP contribution in [0.15, 0.2) is 12.3 Å². The van der Waals surface area contributed by atoms with Gasteiger partial charge in [0.15, 0.2) is 0 Å². The molecular weight excluding hydrogens is 249 g/mol. The lowest BCUT2D eigenvalue weighted by Crippen LogP contribution is -2.01. The van der Waals surface area contributed by atoms with E-state index in [2.05, 4.69) is 16.8 Å². The molecule has 0 atom stereocenters. The lowest BCUT2D eigenvalue weighted by atomic mass is 10.3. The second kappa shape index (κ2) is 6.37.